The fourth-order valence-corrected chi connectivity index (χ4v) is 4.19. The van der Waals surface area contributed by atoms with Gasteiger partial charge in [-0.25, -0.2) is 9.59 Å². The van der Waals surface area contributed by atoms with Gasteiger partial charge in [-0.2, -0.15) is 0 Å². The maximum atomic E-state index is 12.8. The van der Waals surface area contributed by atoms with Gasteiger partial charge in [0.15, 0.2) is 4.32 Å². The van der Waals surface area contributed by atoms with E-state index in [2.05, 4.69) is 0 Å². The standard InChI is InChI=1S/C18H9Cl2NO5S2/c19-11-2-1-8(13(20)7-11)6-14-15(22)21(18(27)28-14)12-4-9(16(23)24)3-10(5-12)17(25)26/h1-7H,(H,23,24)(H,25,26)/b14-6-. The lowest BCUT2D eigenvalue weighted by molar-refractivity contribution is -0.113. The molecule has 3 rings (SSSR count). The van der Waals surface area contributed by atoms with Crippen LogP contribution in [0.1, 0.15) is 26.3 Å². The molecule has 0 aliphatic carbocycles. The van der Waals surface area contributed by atoms with Gasteiger partial charge in [-0.15, -0.1) is 0 Å². The van der Waals surface area contributed by atoms with E-state index >= 15 is 0 Å². The lowest BCUT2D eigenvalue weighted by Gasteiger charge is -2.16. The minimum atomic E-state index is -1.32. The predicted molar refractivity (Wildman–Crippen MR) is 112 cm³/mol. The van der Waals surface area contributed by atoms with E-state index in [1.807, 2.05) is 0 Å². The molecule has 0 saturated carbocycles. The van der Waals surface area contributed by atoms with Gasteiger partial charge in [0, 0.05) is 10.0 Å². The first-order valence-electron chi connectivity index (χ1n) is 7.52. The Labute approximate surface area is 178 Å². The van der Waals surface area contributed by atoms with E-state index in [-0.39, 0.29) is 26.0 Å². The number of anilines is 1. The molecule has 0 spiro atoms. The smallest absolute Gasteiger partial charge is 0.335 e. The summed E-state index contributed by atoms with van der Waals surface area (Å²) in [7, 11) is 0. The third-order valence-corrected chi connectivity index (χ3v) is 5.58. The number of aromatic carboxylic acids is 2. The number of hydrogen-bond acceptors (Lipinski definition) is 5. The molecule has 0 unspecified atom stereocenters. The molecule has 1 fully saturated rings. The van der Waals surface area contributed by atoms with Gasteiger partial charge in [0.2, 0.25) is 0 Å². The second-order valence-corrected chi connectivity index (χ2v) is 8.08. The number of rotatable bonds is 4. The fourth-order valence-electron chi connectivity index (χ4n) is 2.44. The summed E-state index contributed by atoms with van der Waals surface area (Å²) in [5, 5.41) is 19.2. The Bertz CT molecular complexity index is 1050. The summed E-state index contributed by atoms with van der Waals surface area (Å²) >= 11 is 18.2. The van der Waals surface area contributed by atoms with Crippen LogP contribution in [0.3, 0.4) is 0 Å². The van der Waals surface area contributed by atoms with Crippen LogP contribution in [0.25, 0.3) is 6.08 Å². The van der Waals surface area contributed by atoms with Crippen molar-refractivity contribution < 1.29 is 24.6 Å². The Morgan fingerprint density at radius 2 is 1.64 bits per heavy atom. The molecule has 142 valence electrons. The molecule has 1 amide bonds. The van der Waals surface area contributed by atoms with Crippen LogP contribution >= 0.6 is 47.2 Å². The lowest BCUT2D eigenvalue weighted by Crippen LogP contribution is -2.28. The summed E-state index contributed by atoms with van der Waals surface area (Å²) < 4.78 is 0.139. The minimum Gasteiger partial charge on any atom is -0.478 e. The molecule has 10 heteroatoms. The molecule has 1 saturated heterocycles. The summed E-state index contributed by atoms with van der Waals surface area (Å²) in [4.78, 5) is 36.8. The number of amides is 1. The second kappa shape index (κ2) is 7.92. The number of nitrogens with zero attached hydrogens (tertiary/aromatic N) is 1. The number of thiocarbonyl (C=S) groups is 1. The third kappa shape index (κ3) is 4.05. The van der Waals surface area contributed by atoms with Gasteiger partial charge in [0.05, 0.1) is 21.7 Å². The number of carbonyl (C=O) groups is 3. The average Bonchev–Trinajstić information content (AvgIpc) is 2.90. The molecule has 2 aromatic carbocycles. The van der Waals surface area contributed by atoms with Crippen molar-refractivity contribution in [1.29, 1.82) is 0 Å². The summed E-state index contributed by atoms with van der Waals surface area (Å²) in [6.45, 7) is 0. The summed E-state index contributed by atoms with van der Waals surface area (Å²) in [5.41, 5.74) is 0.0739. The summed E-state index contributed by atoms with van der Waals surface area (Å²) in [6, 6.07) is 8.19. The van der Waals surface area contributed by atoms with Crippen LogP contribution in [0, 0.1) is 0 Å². The van der Waals surface area contributed by atoms with E-state index in [4.69, 9.17) is 35.4 Å². The lowest BCUT2D eigenvalue weighted by atomic mass is 10.1. The third-order valence-electron chi connectivity index (χ3n) is 3.71. The molecule has 1 aliphatic heterocycles. The quantitative estimate of drug-likeness (QED) is 0.507. The summed E-state index contributed by atoms with van der Waals surface area (Å²) in [5.74, 6) is -3.16. The number of thioether (sulfide) groups is 1. The van der Waals surface area contributed by atoms with E-state index < -0.39 is 17.8 Å². The molecule has 0 atom stereocenters. The van der Waals surface area contributed by atoms with Crippen molar-refractivity contribution in [3.05, 3.63) is 68.0 Å². The number of carbonyl (C=O) groups excluding carboxylic acids is 1. The van der Waals surface area contributed by atoms with Gasteiger partial charge in [-0.3, -0.25) is 9.69 Å². The van der Waals surface area contributed by atoms with Gasteiger partial charge in [0.1, 0.15) is 0 Å². The van der Waals surface area contributed by atoms with Gasteiger partial charge in [-0.1, -0.05) is 53.2 Å². The molecule has 6 nitrogen and oxygen atoms in total. The Morgan fingerprint density at radius 3 is 2.18 bits per heavy atom. The van der Waals surface area contributed by atoms with Gasteiger partial charge >= 0.3 is 11.9 Å². The zero-order chi connectivity index (χ0) is 20.6. The highest BCUT2D eigenvalue weighted by Gasteiger charge is 2.34. The topological polar surface area (TPSA) is 94.9 Å². The summed E-state index contributed by atoms with van der Waals surface area (Å²) in [6.07, 6.45) is 1.54. The van der Waals surface area contributed by atoms with E-state index in [1.165, 1.54) is 24.3 Å². The molecule has 0 radical (unpaired) electrons. The Balaban J connectivity index is 2.04. The molecule has 0 aromatic heterocycles. The Morgan fingerprint density at radius 1 is 1.04 bits per heavy atom. The van der Waals surface area contributed by atoms with E-state index in [0.29, 0.717) is 15.6 Å². The molecule has 2 aromatic rings. The van der Waals surface area contributed by atoms with E-state index in [0.717, 1.165) is 22.7 Å². The predicted octanol–water partition coefficient (Wildman–Crippen LogP) is 4.80. The highest BCUT2D eigenvalue weighted by molar-refractivity contribution is 8.27. The van der Waals surface area contributed by atoms with Crippen LogP contribution in [0.4, 0.5) is 5.69 Å². The first kappa shape index (κ1) is 20.3. The zero-order valence-electron chi connectivity index (χ0n) is 13.7. The molecule has 1 heterocycles. The van der Waals surface area contributed by atoms with Crippen molar-refractivity contribution >= 4 is 81.1 Å². The number of carboxylic acids is 2. The van der Waals surface area contributed by atoms with Crippen molar-refractivity contribution in [2.75, 3.05) is 4.90 Å². The van der Waals surface area contributed by atoms with Crippen molar-refractivity contribution in [3.63, 3.8) is 0 Å². The number of hydrogen-bond donors (Lipinski definition) is 2. The monoisotopic (exact) mass is 453 g/mol. The minimum absolute atomic E-state index is 0.0606. The first-order chi connectivity index (χ1) is 13.2. The normalized spacial score (nSPS) is 15.4. The second-order valence-electron chi connectivity index (χ2n) is 5.56. The van der Waals surface area contributed by atoms with E-state index in [9.17, 15) is 24.6 Å². The van der Waals surface area contributed by atoms with E-state index in [1.54, 1.807) is 12.1 Å². The largest absolute Gasteiger partial charge is 0.478 e. The van der Waals surface area contributed by atoms with Crippen molar-refractivity contribution in [1.82, 2.24) is 0 Å². The number of benzene rings is 2. The maximum absolute atomic E-state index is 12.8. The van der Waals surface area contributed by atoms with Crippen LogP contribution in [0.15, 0.2) is 41.3 Å². The van der Waals surface area contributed by atoms with Crippen molar-refractivity contribution in [3.8, 4) is 0 Å². The highest BCUT2D eigenvalue weighted by atomic mass is 35.5. The van der Waals surface area contributed by atoms with Crippen molar-refractivity contribution in [2.45, 2.75) is 0 Å². The number of halogens is 2. The van der Waals surface area contributed by atoms with Crippen LogP contribution in [-0.4, -0.2) is 32.4 Å². The molecule has 1 aliphatic rings. The SMILES string of the molecule is O=C(O)c1cc(C(=O)O)cc(N2C(=O)/C(=C/c3ccc(Cl)cc3Cl)SC2=S)c1. The van der Waals surface area contributed by atoms with Gasteiger partial charge in [-0.05, 0) is 42.0 Å². The van der Waals surface area contributed by atoms with Crippen LogP contribution in [0.2, 0.25) is 10.0 Å². The molecule has 28 heavy (non-hydrogen) atoms. The Hall–Kier alpha value is -2.39. The first-order valence-corrected chi connectivity index (χ1v) is 9.50. The fraction of sp³-hybridized carbons (Fsp3) is 0. The van der Waals surface area contributed by atoms with Gasteiger partial charge in [0.25, 0.3) is 5.91 Å². The number of carboxylic acid groups (broad SMARTS) is 2. The average molecular weight is 454 g/mol. The zero-order valence-corrected chi connectivity index (χ0v) is 16.8. The molecule has 2 N–H and O–H groups in total. The van der Waals surface area contributed by atoms with Gasteiger partial charge < -0.3 is 10.2 Å². The highest BCUT2D eigenvalue weighted by Crippen LogP contribution is 2.37. The maximum Gasteiger partial charge on any atom is 0.335 e. The van der Waals surface area contributed by atoms with Crippen LogP contribution in [0.5, 0.6) is 0 Å². The molecule has 0 bridgehead atoms. The molecular formula is C18H9Cl2NO5S2. The van der Waals surface area contributed by atoms with Crippen LogP contribution in [-0.2, 0) is 4.79 Å². The molecular weight excluding hydrogens is 445 g/mol. The Kier molecular flexibility index (Phi) is 5.76. The van der Waals surface area contributed by atoms with Crippen molar-refractivity contribution in [2.24, 2.45) is 0 Å². The van der Waals surface area contributed by atoms with Crippen LogP contribution < -0.4 is 4.90 Å².